The normalized spacial score (nSPS) is 19.2. The number of rotatable bonds is 1. The average molecular weight is 254 g/mol. The van der Waals surface area contributed by atoms with Gasteiger partial charge in [0.2, 0.25) is 0 Å². The van der Waals surface area contributed by atoms with E-state index in [1.807, 2.05) is 12.1 Å². The van der Waals surface area contributed by atoms with E-state index in [2.05, 4.69) is 4.90 Å². The maximum absolute atomic E-state index is 6.32. The molecule has 0 aliphatic carbocycles. The van der Waals surface area contributed by atoms with Crippen LogP contribution in [0.4, 0.5) is 5.69 Å². The Morgan fingerprint density at radius 3 is 2.29 bits per heavy atom. The van der Waals surface area contributed by atoms with Gasteiger partial charge in [-0.1, -0.05) is 11.6 Å². The molecule has 1 aromatic rings. The fourth-order valence-electron chi connectivity index (χ4n) is 2.43. The summed E-state index contributed by atoms with van der Waals surface area (Å²) in [6.07, 6.45) is 3.80. The van der Waals surface area contributed by atoms with Crippen LogP contribution in [0.2, 0.25) is 5.02 Å². The van der Waals surface area contributed by atoms with E-state index in [1.54, 1.807) is 0 Å². The number of halogens is 1. The summed E-state index contributed by atoms with van der Waals surface area (Å²) in [6.45, 7) is 3.39. The third kappa shape index (κ3) is 2.16. The topological polar surface area (TPSA) is 21.7 Å². The molecule has 92 valence electrons. The first-order valence-electron chi connectivity index (χ1n) is 6.19. The van der Waals surface area contributed by atoms with Gasteiger partial charge in [0.25, 0.3) is 0 Å². The maximum atomic E-state index is 6.32. The fraction of sp³-hybridized carbons (Fsp3) is 0.538. The summed E-state index contributed by atoms with van der Waals surface area (Å²) in [4.78, 5) is 2.34. The molecule has 1 fully saturated rings. The summed E-state index contributed by atoms with van der Waals surface area (Å²) in [5, 5.41) is 0.760. The van der Waals surface area contributed by atoms with Crippen molar-refractivity contribution in [2.45, 2.75) is 19.3 Å². The quantitative estimate of drug-likeness (QED) is 0.768. The van der Waals surface area contributed by atoms with Gasteiger partial charge >= 0.3 is 0 Å². The molecule has 3 nitrogen and oxygen atoms in total. The lowest BCUT2D eigenvalue weighted by atomic mass is 10.1. The zero-order valence-electron chi connectivity index (χ0n) is 9.75. The molecule has 0 aromatic heterocycles. The van der Waals surface area contributed by atoms with Gasteiger partial charge in [0.05, 0.1) is 10.7 Å². The lowest BCUT2D eigenvalue weighted by Gasteiger charge is -2.30. The van der Waals surface area contributed by atoms with Crippen molar-refractivity contribution in [3.05, 3.63) is 17.2 Å². The Kier molecular flexibility index (Phi) is 3.02. The SMILES string of the molecule is Clc1cc2c(cc1N1CCCCC1)OCCO2. The molecule has 0 atom stereocenters. The largest absolute Gasteiger partial charge is 0.486 e. The lowest BCUT2D eigenvalue weighted by Crippen LogP contribution is -2.29. The van der Waals surface area contributed by atoms with Crippen LogP contribution in [0.5, 0.6) is 11.5 Å². The molecule has 0 spiro atoms. The van der Waals surface area contributed by atoms with Gasteiger partial charge in [0, 0.05) is 25.2 Å². The molecule has 2 heterocycles. The number of nitrogens with zero attached hydrogens (tertiary/aromatic N) is 1. The first-order valence-corrected chi connectivity index (χ1v) is 6.56. The Morgan fingerprint density at radius 1 is 0.941 bits per heavy atom. The molecule has 0 radical (unpaired) electrons. The van der Waals surface area contributed by atoms with Crippen LogP contribution in [0.1, 0.15) is 19.3 Å². The Labute approximate surface area is 106 Å². The first-order chi connectivity index (χ1) is 8.34. The van der Waals surface area contributed by atoms with Crippen LogP contribution in [-0.4, -0.2) is 26.3 Å². The Hall–Kier alpha value is -1.09. The van der Waals surface area contributed by atoms with Crippen molar-refractivity contribution in [2.24, 2.45) is 0 Å². The second kappa shape index (κ2) is 4.65. The number of hydrogen-bond donors (Lipinski definition) is 0. The summed E-state index contributed by atoms with van der Waals surface area (Å²) in [5.74, 6) is 1.59. The first kappa shape index (κ1) is 11.0. The molecule has 0 unspecified atom stereocenters. The molecule has 2 aliphatic heterocycles. The highest BCUT2D eigenvalue weighted by Gasteiger charge is 2.19. The van der Waals surface area contributed by atoms with E-state index in [9.17, 15) is 0 Å². The number of piperidine rings is 1. The van der Waals surface area contributed by atoms with Crippen LogP contribution in [0.15, 0.2) is 12.1 Å². The van der Waals surface area contributed by atoms with E-state index in [1.165, 1.54) is 19.3 Å². The van der Waals surface area contributed by atoms with E-state index in [0.717, 1.165) is 35.3 Å². The number of anilines is 1. The Bertz CT molecular complexity index is 416. The highest BCUT2D eigenvalue weighted by molar-refractivity contribution is 6.33. The molecule has 0 saturated carbocycles. The van der Waals surface area contributed by atoms with Crippen LogP contribution in [0.25, 0.3) is 0 Å². The van der Waals surface area contributed by atoms with E-state index >= 15 is 0 Å². The minimum Gasteiger partial charge on any atom is -0.486 e. The van der Waals surface area contributed by atoms with E-state index in [-0.39, 0.29) is 0 Å². The second-order valence-electron chi connectivity index (χ2n) is 4.49. The van der Waals surface area contributed by atoms with Crippen LogP contribution in [0, 0.1) is 0 Å². The molecule has 0 bridgehead atoms. The highest BCUT2D eigenvalue weighted by Crippen LogP contribution is 2.40. The summed E-state index contributed by atoms with van der Waals surface area (Å²) in [7, 11) is 0. The molecule has 1 saturated heterocycles. The Balaban J connectivity index is 1.93. The van der Waals surface area contributed by atoms with Gasteiger partial charge in [-0.2, -0.15) is 0 Å². The molecule has 4 heteroatoms. The van der Waals surface area contributed by atoms with Crippen molar-refractivity contribution in [2.75, 3.05) is 31.2 Å². The van der Waals surface area contributed by atoms with Crippen molar-refractivity contribution in [1.82, 2.24) is 0 Å². The van der Waals surface area contributed by atoms with E-state index < -0.39 is 0 Å². The highest BCUT2D eigenvalue weighted by atomic mass is 35.5. The predicted molar refractivity (Wildman–Crippen MR) is 68.5 cm³/mol. The minimum absolute atomic E-state index is 0.604. The van der Waals surface area contributed by atoms with Gasteiger partial charge in [-0.05, 0) is 19.3 Å². The number of hydrogen-bond acceptors (Lipinski definition) is 3. The van der Waals surface area contributed by atoms with Crippen molar-refractivity contribution >= 4 is 17.3 Å². The minimum atomic E-state index is 0.604. The standard InChI is InChI=1S/C13H16ClNO2/c14-10-8-12-13(17-7-6-16-12)9-11(10)15-4-2-1-3-5-15/h8-9H,1-7H2. The van der Waals surface area contributed by atoms with Gasteiger partial charge in [-0.15, -0.1) is 0 Å². The third-order valence-corrected chi connectivity index (χ3v) is 3.61. The molecule has 17 heavy (non-hydrogen) atoms. The Morgan fingerprint density at radius 2 is 1.59 bits per heavy atom. The molecule has 0 amide bonds. The van der Waals surface area contributed by atoms with Crippen molar-refractivity contribution in [3.63, 3.8) is 0 Å². The number of benzene rings is 1. The van der Waals surface area contributed by atoms with Crippen molar-refractivity contribution in [3.8, 4) is 11.5 Å². The van der Waals surface area contributed by atoms with Gasteiger partial charge in [-0.25, -0.2) is 0 Å². The summed E-state index contributed by atoms with van der Waals surface area (Å²) >= 11 is 6.32. The van der Waals surface area contributed by atoms with Crippen LogP contribution in [-0.2, 0) is 0 Å². The lowest BCUT2D eigenvalue weighted by molar-refractivity contribution is 0.171. The zero-order chi connectivity index (χ0) is 11.7. The molecule has 2 aliphatic rings. The number of fused-ring (bicyclic) bond motifs is 1. The van der Waals surface area contributed by atoms with Crippen LogP contribution in [0.3, 0.4) is 0 Å². The third-order valence-electron chi connectivity index (χ3n) is 3.31. The molecule has 0 N–H and O–H groups in total. The van der Waals surface area contributed by atoms with Crippen LogP contribution < -0.4 is 14.4 Å². The van der Waals surface area contributed by atoms with Gasteiger partial charge in [0.1, 0.15) is 13.2 Å². The molecular weight excluding hydrogens is 238 g/mol. The average Bonchev–Trinajstić information content (AvgIpc) is 2.39. The summed E-state index contributed by atoms with van der Waals surface area (Å²) in [6, 6.07) is 3.89. The van der Waals surface area contributed by atoms with Crippen molar-refractivity contribution < 1.29 is 9.47 Å². The summed E-state index contributed by atoms with van der Waals surface area (Å²) in [5.41, 5.74) is 1.08. The van der Waals surface area contributed by atoms with E-state index in [4.69, 9.17) is 21.1 Å². The fourth-order valence-corrected chi connectivity index (χ4v) is 2.70. The summed E-state index contributed by atoms with van der Waals surface area (Å²) < 4.78 is 11.1. The second-order valence-corrected chi connectivity index (χ2v) is 4.90. The van der Waals surface area contributed by atoms with Crippen LogP contribution >= 0.6 is 11.6 Å². The monoisotopic (exact) mass is 253 g/mol. The molecule has 1 aromatic carbocycles. The zero-order valence-corrected chi connectivity index (χ0v) is 10.5. The van der Waals surface area contributed by atoms with Gasteiger partial charge in [-0.3, -0.25) is 0 Å². The van der Waals surface area contributed by atoms with Gasteiger partial charge < -0.3 is 14.4 Å². The molecular formula is C13H16ClNO2. The predicted octanol–water partition coefficient (Wildman–Crippen LogP) is 3.10. The smallest absolute Gasteiger partial charge is 0.163 e. The van der Waals surface area contributed by atoms with Crippen molar-refractivity contribution in [1.29, 1.82) is 0 Å². The molecule has 3 rings (SSSR count). The van der Waals surface area contributed by atoms with Gasteiger partial charge in [0.15, 0.2) is 11.5 Å². The number of ether oxygens (including phenoxy) is 2. The maximum Gasteiger partial charge on any atom is 0.163 e. The van der Waals surface area contributed by atoms with E-state index in [0.29, 0.717) is 13.2 Å².